The van der Waals surface area contributed by atoms with Crippen LogP contribution in [0, 0.1) is 37.8 Å². The van der Waals surface area contributed by atoms with E-state index in [4.69, 9.17) is 9.15 Å². The highest BCUT2D eigenvalue weighted by atomic mass is 16.6. The number of benzene rings is 3. The van der Waals surface area contributed by atoms with Crippen LogP contribution < -0.4 is 10.1 Å². The fraction of sp³-hybridized carbons (Fsp3) is 0.200. The van der Waals surface area contributed by atoms with Gasteiger partial charge < -0.3 is 14.5 Å². The molecule has 0 spiro atoms. The van der Waals surface area contributed by atoms with Crippen molar-refractivity contribution in [2.45, 2.75) is 27.7 Å². The van der Waals surface area contributed by atoms with Crippen molar-refractivity contribution in [3.8, 4) is 17.2 Å². The first-order valence-electron chi connectivity index (χ1n) is 10.4. The van der Waals surface area contributed by atoms with Crippen LogP contribution >= 0.6 is 0 Å². The Morgan fingerprint density at radius 3 is 2.55 bits per heavy atom. The number of hydrogen-bond donors (Lipinski definition) is 1. The lowest BCUT2D eigenvalue weighted by Gasteiger charge is -2.11. The lowest BCUT2D eigenvalue weighted by molar-refractivity contribution is -0.385. The molecule has 3 aromatic carbocycles. The topological polar surface area (TPSA) is 108 Å². The summed E-state index contributed by atoms with van der Waals surface area (Å²) < 4.78 is 11.4. The van der Waals surface area contributed by atoms with Gasteiger partial charge in [-0.1, -0.05) is 12.1 Å². The summed E-state index contributed by atoms with van der Waals surface area (Å²) >= 11 is 0. The second-order valence-electron chi connectivity index (χ2n) is 8.02. The standard InChI is InChI=1S/C25H23N3O5/c1-14-9-17(4)24(21(10-14)28(30)31)32-13-23(29)26-19-7-8-22-20(12-19)27-25(33-22)18-6-5-15(2)16(3)11-18/h5-12H,13H2,1-4H3,(H,26,29). The van der Waals surface area contributed by atoms with Crippen LogP contribution in [0.2, 0.25) is 0 Å². The molecule has 0 saturated heterocycles. The van der Waals surface area contributed by atoms with Crippen LogP contribution in [0.25, 0.3) is 22.6 Å². The average molecular weight is 445 g/mol. The van der Waals surface area contributed by atoms with Gasteiger partial charge in [0.05, 0.1) is 4.92 Å². The fourth-order valence-corrected chi connectivity index (χ4v) is 3.59. The Hall–Kier alpha value is -4.20. The molecule has 4 aromatic rings. The molecule has 0 fully saturated rings. The van der Waals surface area contributed by atoms with Gasteiger partial charge >= 0.3 is 5.69 Å². The lowest BCUT2D eigenvalue weighted by Crippen LogP contribution is -2.20. The molecule has 1 N–H and O–H groups in total. The molecule has 0 aliphatic heterocycles. The predicted molar refractivity (Wildman–Crippen MR) is 126 cm³/mol. The Balaban J connectivity index is 1.49. The van der Waals surface area contributed by atoms with E-state index in [0.29, 0.717) is 28.2 Å². The van der Waals surface area contributed by atoms with Crippen molar-refractivity contribution in [1.82, 2.24) is 4.98 Å². The van der Waals surface area contributed by atoms with E-state index in [1.54, 1.807) is 38.1 Å². The Labute approximate surface area is 190 Å². The fourth-order valence-electron chi connectivity index (χ4n) is 3.59. The largest absolute Gasteiger partial charge is 0.477 e. The van der Waals surface area contributed by atoms with E-state index < -0.39 is 10.8 Å². The van der Waals surface area contributed by atoms with Crippen molar-refractivity contribution in [3.63, 3.8) is 0 Å². The molecule has 1 aromatic heterocycles. The van der Waals surface area contributed by atoms with Crippen molar-refractivity contribution in [1.29, 1.82) is 0 Å². The zero-order valence-corrected chi connectivity index (χ0v) is 18.8. The van der Waals surface area contributed by atoms with Gasteiger partial charge in [-0.2, -0.15) is 0 Å². The van der Waals surface area contributed by atoms with Crippen LogP contribution in [0.15, 0.2) is 52.9 Å². The summed E-state index contributed by atoms with van der Waals surface area (Å²) in [7, 11) is 0. The number of nitrogens with one attached hydrogen (secondary N) is 1. The number of fused-ring (bicyclic) bond motifs is 1. The molecule has 168 valence electrons. The average Bonchev–Trinajstić information content (AvgIpc) is 3.18. The molecule has 0 atom stereocenters. The number of anilines is 1. The van der Waals surface area contributed by atoms with Crippen LogP contribution in [0.1, 0.15) is 22.3 Å². The number of nitro benzene ring substituents is 1. The van der Waals surface area contributed by atoms with Crippen molar-refractivity contribution in [2.24, 2.45) is 0 Å². The molecule has 0 saturated carbocycles. The van der Waals surface area contributed by atoms with E-state index >= 15 is 0 Å². The van der Waals surface area contributed by atoms with Gasteiger partial charge in [0.15, 0.2) is 12.2 Å². The predicted octanol–water partition coefficient (Wildman–Crippen LogP) is 5.65. The van der Waals surface area contributed by atoms with E-state index in [2.05, 4.69) is 10.3 Å². The number of nitro groups is 1. The summed E-state index contributed by atoms with van der Waals surface area (Å²) in [5.74, 6) is 0.148. The number of carbonyl (C=O) groups is 1. The SMILES string of the molecule is Cc1cc(C)c(OCC(=O)Nc2ccc3oc(-c4ccc(C)c(C)c4)nc3c2)c([N+](=O)[O-])c1. The number of nitrogens with zero attached hydrogens (tertiary/aromatic N) is 2. The van der Waals surface area contributed by atoms with Gasteiger partial charge in [0.25, 0.3) is 5.91 Å². The molecule has 8 nitrogen and oxygen atoms in total. The van der Waals surface area contributed by atoms with E-state index in [0.717, 1.165) is 16.7 Å². The van der Waals surface area contributed by atoms with Crippen LogP contribution in [-0.4, -0.2) is 22.4 Å². The van der Waals surface area contributed by atoms with Gasteiger partial charge in [-0.3, -0.25) is 14.9 Å². The monoisotopic (exact) mass is 445 g/mol. The molecule has 4 rings (SSSR count). The third-order valence-electron chi connectivity index (χ3n) is 5.37. The summed E-state index contributed by atoms with van der Waals surface area (Å²) in [6, 6.07) is 14.3. The van der Waals surface area contributed by atoms with Crippen molar-refractivity contribution < 1.29 is 18.9 Å². The van der Waals surface area contributed by atoms with Gasteiger partial charge in [0.1, 0.15) is 5.52 Å². The molecule has 1 heterocycles. The normalized spacial score (nSPS) is 10.9. The van der Waals surface area contributed by atoms with Gasteiger partial charge in [-0.05, 0) is 80.3 Å². The summed E-state index contributed by atoms with van der Waals surface area (Å²) in [5.41, 5.74) is 6.11. The number of aryl methyl sites for hydroxylation is 4. The van der Waals surface area contributed by atoms with Crippen LogP contribution in [0.3, 0.4) is 0 Å². The van der Waals surface area contributed by atoms with Crippen molar-refractivity contribution >= 4 is 28.4 Å². The highest BCUT2D eigenvalue weighted by molar-refractivity contribution is 5.94. The molecule has 1 amide bonds. The van der Waals surface area contributed by atoms with Gasteiger partial charge in [-0.25, -0.2) is 4.98 Å². The summed E-state index contributed by atoms with van der Waals surface area (Å²) in [6.07, 6.45) is 0. The highest BCUT2D eigenvalue weighted by Gasteiger charge is 2.20. The van der Waals surface area contributed by atoms with E-state index in [9.17, 15) is 14.9 Å². The number of rotatable bonds is 6. The first-order valence-corrected chi connectivity index (χ1v) is 10.4. The minimum Gasteiger partial charge on any atom is -0.477 e. The Morgan fingerprint density at radius 1 is 1.03 bits per heavy atom. The number of oxazole rings is 1. The number of hydrogen-bond acceptors (Lipinski definition) is 6. The molecule has 0 radical (unpaired) electrons. The Morgan fingerprint density at radius 2 is 1.82 bits per heavy atom. The summed E-state index contributed by atoms with van der Waals surface area (Å²) in [4.78, 5) is 27.8. The minimum absolute atomic E-state index is 0.0886. The molecular formula is C25H23N3O5. The minimum atomic E-state index is -0.515. The van der Waals surface area contributed by atoms with Crippen LogP contribution in [-0.2, 0) is 4.79 Å². The number of amides is 1. The zero-order valence-electron chi connectivity index (χ0n) is 18.8. The number of ether oxygens (including phenoxy) is 1. The van der Waals surface area contributed by atoms with Crippen molar-refractivity contribution in [2.75, 3.05) is 11.9 Å². The molecule has 0 bridgehead atoms. The molecular weight excluding hydrogens is 422 g/mol. The van der Waals surface area contributed by atoms with Gasteiger partial charge in [0, 0.05) is 17.3 Å². The lowest BCUT2D eigenvalue weighted by atomic mass is 10.1. The van der Waals surface area contributed by atoms with Crippen LogP contribution in [0.4, 0.5) is 11.4 Å². The maximum Gasteiger partial charge on any atom is 0.311 e. The number of carbonyl (C=O) groups excluding carboxylic acids is 1. The Bertz CT molecular complexity index is 1390. The highest BCUT2D eigenvalue weighted by Crippen LogP contribution is 2.32. The third kappa shape index (κ3) is 4.69. The van der Waals surface area contributed by atoms with E-state index in [1.165, 1.54) is 11.6 Å². The zero-order chi connectivity index (χ0) is 23.7. The molecule has 33 heavy (non-hydrogen) atoms. The molecule has 0 aliphatic carbocycles. The molecule has 8 heteroatoms. The maximum absolute atomic E-state index is 12.4. The second kappa shape index (κ2) is 8.74. The van der Waals surface area contributed by atoms with Gasteiger partial charge in [0.2, 0.25) is 11.6 Å². The van der Waals surface area contributed by atoms with Crippen LogP contribution in [0.5, 0.6) is 5.75 Å². The summed E-state index contributed by atoms with van der Waals surface area (Å²) in [6.45, 7) is 7.18. The van der Waals surface area contributed by atoms with E-state index in [1.807, 2.05) is 32.0 Å². The Kier molecular flexibility index (Phi) is 5.83. The smallest absolute Gasteiger partial charge is 0.311 e. The maximum atomic E-state index is 12.4. The first-order chi connectivity index (χ1) is 15.7. The van der Waals surface area contributed by atoms with Gasteiger partial charge in [-0.15, -0.1) is 0 Å². The molecule has 0 unspecified atom stereocenters. The second-order valence-corrected chi connectivity index (χ2v) is 8.02. The van der Waals surface area contributed by atoms with E-state index in [-0.39, 0.29) is 18.0 Å². The first kappa shape index (κ1) is 22.0. The third-order valence-corrected chi connectivity index (χ3v) is 5.37. The quantitative estimate of drug-likeness (QED) is 0.303. The summed E-state index contributed by atoms with van der Waals surface area (Å²) in [5, 5.41) is 14.1. The molecule has 0 aliphatic rings. The van der Waals surface area contributed by atoms with Crippen molar-refractivity contribution in [3.05, 3.63) is 80.9 Å². The number of aromatic nitrogens is 1.